The molecule has 3 heteroatoms. The second-order valence-corrected chi connectivity index (χ2v) is 4.41. The Morgan fingerprint density at radius 2 is 2.27 bits per heavy atom. The molecule has 3 nitrogen and oxygen atoms in total. The van der Waals surface area contributed by atoms with E-state index in [4.69, 9.17) is 0 Å². The number of allylic oxidation sites excluding steroid dienone is 1. The average molecular weight is 205 g/mol. The van der Waals surface area contributed by atoms with Gasteiger partial charge in [-0.1, -0.05) is 11.6 Å². The van der Waals surface area contributed by atoms with Gasteiger partial charge in [-0.15, -0.1) is 0 Å². The molecular formula is C12H19N3. The lowest BCUT2D eigenvalue weighted by atomic mass is 10.3. The van der Waals surface area contributed by atoms with Crippen LogP contribution in [0.2, 0.25) is 0 Å². The first-order valence-electron chi connectivity index (χ1n) is 5.60. The van der Waals surface area contributed by atoms with Gasteiger partial charge >= 0.3 is 0 Å². The van der Waals surface area contributed by atoms with E-state index >= 15 is 0 Å². The van der Waals surface area contributed by atoms with Crippen LogP contribution in [0.1, 0.15) is 19.5 Å². The summed E-state index contributed by atoms with van der Waals surface area (Å²) in [6, 6.07) is 0. The van der Waals surface area contributed by atoms with Crippen LogP contribution in [-0.2, 0) is 13.0 Å². The Balaban J connectivity index is 1.94. The summed E-state index contributed by atoms with van der Waals surface area (Å²) in [7, 11) is 0. The van der Waals surface area contributed by atoms with Crippen molar-refractivity contribution in [3.05, 3.63) is 29.9 Å². The molecule has 0 saturated carbocycles. The quantitative estimate of drug-likeness (QED) is 0.685. The van der Waals surface area contributed by atoms with Crippen LogP contribution in [-0.4, -0.2) is 34.1 Å². The molecule has 15 heavy (non-hydrogen) atoms. The fraction of sp³-hybridized carbons (Fsp3) is 0.583. The Kier molecular flexibility index (Phi) is 3.21. The second-order valence-electron chi connectivity index (χ2n) is 4.41. The maximum atomic E-state index is 4.18. The van der Waals surface area contributed by atoms with Gasteiger partial charge in [0.15, 0.2) is 0 Å². The summed E-state index contributed by atoms with van der Waals surface area (Å²) in [5.74, 6) is 0. The van der Waals surface area contributed by atoms with E-state index in [2.05, 4.69) is 34.4 Å². The summed E-state index contributed by atoms with van der Waals surface area (Å²) in [6.07, 6.45) is 7.36. The molecule has 0 radical (unpaired) electrons. The molecule has 0 N–H and O–H groups in total. The molecule has 0 spiro atoms. The molecule has 0 bridgehead atoms. The first-order valence-corrected chi connectivity index (χ1v) is 5.60. The van der Waals surface area contributed by atoms with E-state index in [0.717, 1.165) is 32.6 Å². The molecule has 0 saturated heterocycles. The van der Waals surface area contributed by atoms with Gasteiger partial charge in [-0.25, -0.2) is 4.98 Å². The molecule has 0 fully saturated rings. The first-order chi connectivity index (χ1) is 7.25. The van der Waals surface area contributed by atoms with E-state index in [0.29, 0.717) is 0 Å². The zero-order valence-corrected chi connectivity index (χ0v) is 9.61. The van der Waals surface area contributed by atoms with E-state index in [9.17, 15) is 0 Å². The van der Waals surface area contributed by atoms with Crippen molar-refractivity contribution in [3.63, 3.8) is 0 Å². The maximum absolute atomic E-state index is 4.18. The summed E-state index contributed by atoms with van der Waals surface area (Å²) in [5.41, 5.74) is 2.77. The molecule has 1 aromatic heterocycles. The van der Waals surface area contributed by atoms with Crippen molar-refractivity contribution in [2.75, 3.05) is 19.6 Å². The molecule has 82 valence electrons. The van der Waals surface area contributed by atoms with Gasteiger partial charge in [0.25, 0.3) is 0 Å². The van der Waals surface area contributed by atoms with Crippen LogP contribution in [0.15, 0.2) is 24.2 Å². The van der Waals surface area contributed by atoms with E-state index < -0.39 is 0 Å². The third kappa shape index (κ3) is 2.69. The fourth-order valence-corrected chi connectivity index (χ4v) is 1.89. The normalized spacial score (nSPS) is 16.9. The number of imidazole rings is 1. The van der Waals surface area contributed by atoms with Gasteiger partial charge in [0.05, 0.1) is 6.33 Å². The molecule has 0 atom stereocenters. The number of aromatic nitrogens is 2. The summed E-state index contributed by atoms with van der Waals surface area (Å²) in [4.78, 5) is 6.68. The third-order valence-corrected chi connectivity index (χ3v) is 2.90. The van der Waals surface area contributed by atoms with Crippen molar-refractivity contribution < 1.29 is 0 Å². The van der Waals surface area contributed by atoms with Crippen molar-refractivity contribution in [1.82, 2.24) is 14.5 Å². The first kappa shape index (κ1) is 10.4. The molecule has 0 unspecified atom stereocenters. The highest BCUT2D eigenvalue weighted by molar-refractivity contribution is 5.02. The van der Waals surface area contributed by atoms with E-state index in [1.165, 1.54) is 11.3 Å². The van der Waals surface area contributed by atoms with Gasteiger partial charge in [-0.2, -0.15) is 0 Å². The minimum Gasteiger partial charge on any atom is -0.333 e. The van der Waals surface area contributed by atoms with Gasteiger partial charge in [0, 0.05) is 44.5 Å². The van der Waals surface area contributed by atoms with Gasteiger partial charge in [-0.3, -0.25) is 4.90 Å². The Morgan fingerprint density at radius 3 is 3.07 bits per heavy atom. The van der Waals surface area contributed by atoms with Crippen LogP contribution >= 0.6 is 0 Å². The van der Waals surface area contributed by atoms with Crippen LogP contribution in [0.25, 0.3) is 0 Å². The van der Waals surface area contributed by atoms with Crippen LogP contribution < -0.4 is 0 Å². The van der Waals surface area contributed by atoms with Gasteiger partial charge in [-0.05, 0) is 13.8 Å². The minimum atomic E-state index is 1.08. The molecule has 2 rings (SSSR count). The van der Waals surface area contributed by atoms with Crippen LogP contribution in [0.4, 0.5) is 0 Å². The predicted octanol–water partition coefficient (Wildman–Crippen LogP) is 1.71. The monoisotopic (exact) mass is 205 g/mol. The molecule has 0 amide bonds. The van der Waals surface area contributed by atoms with E-state index in [-0.39, 0.29) is 0 Å². The molecule has 2 heterocycles. The lowest BCUT2D eigenvalue weighted by Gasteiger charge is -2.17. The number of nitrogens with zero attached hydrogens (tertiary/aromatic N) is 3. The molecule has 1 aliphatic rings. The molecule has 0 aliphatic carbocycles. The van der Waals surface area contributed by atoms with E-state index in [1.807, 2.05) is 12.5 Å². The highest BCUT2D eigenvalue weighted by Gasteiger charge is 2.11. The van der Waals surface area contributed by atoms with Gasteiger partial charge in [0.2, 0.25) is 0 Å². The Morgan fingerprint density at radius 1 is 1.40 bits per heavy atom. The predicted molar refractivity (Wildman–Crippen MR) is 61.8 cm³/mol. The lowest BCUT2D eigenvalue weighted by molar-refractivity contribution is 0.308. The Bertz CT molecular complexity index is 325. The van der Waals surface area contributed by atoms with Crippen LogP contribution in [0, 0.1) is 0 Å². The standard InChI is InChI=1S/C12H19N3/c1-11(2)3-5-14-6-4-12-9-13-10-15(12)8-7-14/h3,9-10H,4-8H2,1-2H3. The highest BCUT2D eigenvalue weighted by atomic mass is 15.2. The summed E-state index contributed by atoms with van der Waals surface area (Å²) in [6.45, 7) is 8.76. The Labute approximate surface area is 91.4 Å². The van der Waals surface area contributed by atoms with Gasteiger partial charge < -0.3 is 4.57 Å². The summed E-state index contributed by atoms with van der Waals surface area (Å²) in [5, 5.41) is 0. The van der Waals surface area contributed by atoms with Crippen molar-refractivity contribution in [3.8, 4) is 0 Å². The topological polar surface area (TPSA) is 21.1 Å². The van der Waals surface area contributed by atoms with Crippen molar-refractivity contribution in [2.45, 2.75) is 26.8 Å². The summed E-state index contributed by atoms with van der Waals surface area (Å²) < 4.78 is 2.27. The number of rotatable bonds is 2. The number of fused-ring (bicyclic) bond motifs is 1. The number of hydrogen-bond donors (Lipinski definition) is 0. The Hall–Kier alpha value is -1.09. The molecule has 1 aromatic rings. The van der Waals surface area contributed by atoms with E-state index in [1.54, 1.807) is 0 Å². The third-order valence-electron chi connectivity index (χ3n) is 2.90. The maximum Gasteiger partial charge on any atom is 0.0948 e. The lowest BCUT2D eigenvalue weighted by Crippen LogP contribution is -2.27. The van der Waals surface area contributed by atoms with Gasteiger partial charge in [0.1, 0.15) is 0 Å². The highest BCUT2D eigenvalue weighted by Crippen LogP contribution is 2.07. The molecular weight excluding hydrogens is 186 g/mol. The van der Waals surface area contributed by atoms with Crippen molar-refractivity contribution >= 4 is 0 Å². The zero-order valence-electron chi connectivity index (χ0n) is 9.61. The van der Waals surface area contributed by atoms with Crippen LogP contribution in [0.5, 0.6) is 0 Å². The van der Waals surface area contributed by atoms with Crippen LogP contribution in [0.3, 0.4) is 0 Å². The molecule has 0 aromatic carbocycles. The van der Waals surface area contributed by atoms with Crippen molar-refractivity contribution in [1.29, 1.82) is 0 Å². The van der Waals surface area contributed by atoms with Crippen molar-refractivity contribution in [2.24, 2.45) is 0 Å². The number of hydrogen-bond acceptors (Lipinski definition) is 2. The zero-order chi connectivity index (χ0) is 10.7. The molecule has 1 aliphatic heterocycles. The average Bonchev–Trinajstić information content (AvgIpc) is 2.56. The smallest absolute Gasteiger partial charge is 0.0948 e. The largest absolute Gasteiger partial charge is 0.333 e. The summed E-state index contributed by atoms with van der Waals surface area (Å²) >= 11 is 0. The fourth-order valence-electron chi connectivity index (χ4n) is 1.89. The SMILES string of the molecule is CC(C)=CCN1CCc2cncn2CC1. The second kappa shape index (κ2) is 4.62. The minimum absolute atomic E-state index is 1.08.